The number of hydrogen-bond donors (Lipinski definition) is 1. The molecule has 0 amide bonds. The van der Waals surface area contributed by atoms with Gasteiger partial charge < -0.3 is 10.1 Å². The zero-order valence-electron chi connectivity index (χ0n) is 12.3. The van der Waals surface area contributed by atoms with E-state index >= 15 is 0 Å². The summed E-state index contributed by atoms with van der Waals surface area (Å²) in [6, 6.07) is 15.0. The Kier molecular flexibility index (Phi) is 3.88. The molecule has 1 N–H and O–H groups in total. The monoisotopic (exact) mass is 281 g/mol. The lowest BCUT2D eigenvalue weighted by atomic mass is 10.1. The molecule has 1 atom stereocenters. The molecule has 1 unspecified atom stereocenters. The Morgan fingerprint density at radius 1 is 1.19 bits per heavy atom. The van der Waals surface area contributed by atoms with Crippen molar-refractivity contribution in [3.05, 3.63) is 54.9 Å². The van der Waals surface area contributed by atoms with Crippen molar-refractivity contribution in [3.63, 3.8) is 0 Å². The number of hydrogen-bond acceptors (Lipinski definition) is 3. The first-order valence-electron chi connectivity index (χ1n) is 7.06. The van der Waals surface area contributed by atoms with E-state index in [1.165, 1.54) is 10.8 Å². The Balaban J connectivity index is 1.93. The van der Waals surface area contributed by atoms with Crippen LogP contribution in [0, 0.1) is 0 Å². The van der Waals surface area contributed by atoms with Gasteiger partial charge in [-0.1, -0.05) is 30.3 Å². The molecule has 4 heteroatoms. The topological polar surface area (TPSA) is 39.1 Å². The molecule has 0 spiro atoms. The average Bonchev–Trinajstić information content (AvgIpc) is 2.95. The number of ether oxygens (including phenoxy) is 1. The highest BCUT2D eigenvalue weighted by Crippen LogP contribution is 2.21. The molecule has 0 radical (unpaired) electrons. The third-order valence-electron chi connectivity index (χ3n) is 3.44. The van der Waals surface area contributed by atoms with E-state index in [0.717, 1.165) is 11.6 Å². The summed E-state index contributed by atoms with van der Waals surface area (Å²) >= 11 is 0. The SMILES string of the molecule is COCC(C)Nc1nccn1-c1ccc2ccccc2c1. The Hall–Kier alpha value is -2.33. The molecule has 2 aromatic carbocycles. The minimum atomic E-state index is 0.205. The molecular formula is C17H19N3O. The maximum Gasteiger partial charge on any atom is 0.207 e. The van der Waals surface area contributed by atoms with Gasteiger partial charge in [-0.15, -0.1) is 0 Å². The van der Waals surface area contributed by atoms with Gasteiger partial charge in [-0.2, -0.15) is 0 Å². The maximum atomic E-state index is 5.16. The molecule has 1 aromatic heterocycles. The van der Waals surface area contributed by atoms with Crippen molar-refractivity contribution < 1.29 is 4.74 Å². The van der Waals surface area contributed by atoms with Crippen LogP contribution in [-0.2, 0) is 4.74 Å². The minimum absolute atomic E-state index is 0.205. The van der Waals surface area contributed by atoms with Crippen molar-refractivity contribution in [1.82, 2.24) is 9.55 Å². The van der Waals surface area contributed by atoms with E-state index in [0.29, 0.717) is 6.61 Å². The van der Waals surface area contributed by atoms with E-state index in [1.54, 1.807) is 13.3 Å². The highest BCUT2D eigenvalue weighted by Gasteiger charge is 2.08. The lowest BCUT2D eigenvalue weighted by Crippen LogP contribution is -2.22. The summed E-state index contributed by atoms with van der Waals surface area (Å²) in [6.07, 6.45) is 3.77. The molecule has 21 heavy (non-hydrogen) atoms. The third kappa shape index (κ3) is 2.90. The fourth-order valence-electron chi connectivity index (χ4n) is 2.46. The van der Waals surface area contributed by atoms with Gasteiger partial charge in [0.25, 0.3) is 0 Å². The largest absolute Gasteiger partial charge is 0.383 e. The number of imidazole rings is 1. The van der Waals surface area contributed by atoms with Crippen molar-refractivity contribution in [2.45, 2.75) is 13.0 Å². The Labute approximate surface area is 124 Å². The predicted octanol–water partition coefficient (Wildman–Crippen LogP) is 3.47. The van der Waals surface area contributed by atoms with E-state index in [9.17, 15) is 0 Å². The van der Waals surface area contributed by atoms with Crippen LogP contribution in [-0.4, -0.2) is 29.3 Å². The Bertz CT molecular complexity index is 735. The second kappa shape index (κ2) is 5.97. The number of rotatable bonds is 5. The van der Waals surface area contributed by atoms with Crippen LogP contribution >= 0.6 is 0 Å². The second-order valence-electron chi connectivity index (χ2n) is 5.15. The molecule has 0 aliphatic heterocycles. The summed E-state index contributed by atoms with van der Waals surface area (Å²) in [5.74, 6) is 0.829. The van der Waals surface area contributed by atoms with Gasteiger partial charge in [-0.3, -0.25) is 4.57 Å². The lowest BCUT2D eigenvalue weighted by Gasteiger charge is -2.15. The molecule has 0 aliphatic carbocycles. The van der Waals surface area contributed by atoms with Gasteiger partial charge in [0.2, 0.25) is 5.95 Å². The highest BCUT2D eigenvalue weighted by molar-refractivity contribution is 5.84. The molecule has 0 saturated carbocycles. The highest BCUT2D eigenvalue weighted by atomic mass is 16.5. The predicted molar refractivity (Wildman–Crippen MR) is 86.0 cm³/mol. The van der Waals surface area contributed by atoms with Gasteiger partial charge in [0.05, 0.1) is 6.61 Å². The van der Waals surface area contributed by atoms with Gasteiger partial charge in [0.15, 0.2) is 0 Å². The number of anilines is 1. The van der Waals surface area contributed by atoms with Crippen LogP contribution in [0.3, 0.4) is 0 Å². The summed E-state index contributed by atoms with van der Waals surface area (Å²) in [6.45, 7) is 2.72. The average molecular weight is 281 g/mol. The standard InChI is InChI=1S/C17H19N3O/c1-13(12-21-2)19-17-18-9-10-20(17)16-8-7-14-5-3-4-6-15(14)11-16/h3-11,13H,12H2,1-2H3,(H,18,19). The molecule has 0 aliphatic rings. The molecule has 0 fully saturated rings. The number of methoxy groups -OCH3 is 1. The van der Waals surface area contributed by atoms with Gasteiger partial charge in [0.1, 0.15) is 0 Å². The van der Waals surface area contributed by atoms with E-state index in [1.807, 2.05) is 6.20 Å². The summed E-state index contributed by atoms with van der Waals surface area (Å²) in [4.78, 5) is 4.39. The third-order valence-corrected chi connectivity index (χ3v) is 3.44. The fourth-order valence-corrected chi connectivity index (χ4v) is 2.46. The van der Waals surface area contributed by atoms with Crippen LogP contribution in [0.4, 0.5) is 5.95 Å². The van der Waals surface area contributed by atoms with Gasteiger partial charge >= 0.3 is 0 Å². The van der Waals surface area contributed by atoms with E-state index in [-0.39, 0.29) is 6.04 Å². The number of aromatic nitrogens is 2. The first-order chi connectivity index (χ1) is 10.3. The molecule has 1 heterocycles. The van der Waals surface area contributed by atoms with Crippen molar-refractivity contribution in [2.75, 3.05) is 19.0 Å². The van der Waals surface area contributed by atoms with Gasteiger partial charge in [0, 0.05) is 31.2 Å². The zero-order valence-corrected chi connectivity index (χ0v) is 12.3. The smallest absolute Gasteiger partial charge is 0.207 e. The van der Waals surface area contributed by atoms with Crippen LogP contribution < -0.4 is 5.32 Å². The molecule has 108 valence electrons. The van der Waals surface area contributed by atoms with Gasteiger partial charge in [-0.05, 0) is 29.8 Å². The van der Waals surface area contributed by atoms with Crippen molar-refractivity contribution in [3.8, 4) is 5.69 Å². The Morgan fingerprint density at radius 2 is 2.00 bits per heavy atom. The van der Waals surface area contributed by atoms with E-state index in [4.69, 9.17) is 4.74 Å². The molecular weight excluding hydrogens is 262 g/mol. The van der Waals surface area contributed by atoms with Crippen molar-refractivity contribution in [2.24, 2.45) is 0 Å². The number of benzene rings is 2. The number of fused-ring (bicyclic) bond motifs is 1. The van der Waals surface area contributed by atoms with Crippen molar-refractivity contribution >= 4 is 16.7 Å². The summed E-state index contributed by atoms with van der Waals surface area (Å²) < 4.78 is 7.21. The molecule has 0 saturated heterocycles. The summed E-state index contributed by atoms with van der Waals surface area (Å²) in [7, 11) is 1.70. The first-order valence-corrected chi connectivity index (χ1v) is 7.06. The van der Waals surface area contributed by atoms with Crippen LogP contribution in [0.2, 0.25) is 0 Å². The normalized spacial score (nSPS) is 12.5. The van der Waals surface area contributed by atoms with Gasteiger partial charge in [-0.25, -0.2) is 4.98 Å². The van der Waals surface area contributed by atoms with E-state index < -0.39 is 0 Å². The molecule has 3 rings (SSSR count). The van der Waals surface area contributed by atoms with Crippen LogP contribution in [0.15, 0.2) is 54.9 Å². The number of nitrogens with one attached hydrogen (secondary N) is 1. The summed E-state index contributed by atoms with van der Waals surface area (Å²) in [5, 5.41) is 5.83. The number of nitrogens with zero attached hydrogens (tertiary/aromatic N) is 2. The zero-order chi connectivity index (χ0) is 14.7. The Morgan fingerprint density at radius 3 is 2.81 bits per heavy atom. The fraction of sp³-hybridized carbons (Fsp3) is 0.235. The lowest BCUT2D eigenvalue weighted by molar-refractivity contribution is 0.190. The molecule has 4 nitrogen and oxygen atoms in total. The van der Waals surface area contributed by atoms with Crippen molar-refractivity contribution in [1.29, 1.82) is 0 Å². The molecule has 0 bridgehead atoms. The second-order valence-corrected chi connectivity index (χ2v) is 5.15. The van der Waals surface area contributed by atoms with Crippen LogP contribution in [0.1, 0.15) is 6.92 Å². The maximum absolute atomic E-state index is 5.16. The molecule has 3 aromatic rings. The van der Waals surface area contributed by atoms with Crippen LogP contribution in [0.25, 0.3) is 16.5 Å². The minimum Gasteiger partial charge on any atom is -0.383 e. The van der Waals surface area contributed by atoms with Crippen LogP contribution in [0.5, 0.6) is 0 Å². The van der Waals surface area contributed by atoms with E-state index in [2.05, 4.69) is 64.3 Å². The first kappa shape index (κ1) is 13.6. The summed E-state index contributed by atoms with van der Waals surface area (Å²) in [5.41, 5.74) is 1.10. The quantitative estimate of drug-likeness (QED) is 0.778.